The fourth-order valence-electron chi connectivity index (χ4n) is 3.52. The lowest BCUT2D eigenvalue weighted by atomic mass is 9.86. The van der Waals surface area contributed by atoms with Crippen LogP contribution in [0.5, 0.6) is 0 Å². The first kappa shape index (κ1) is 23.7. The molecule has 2 aromatic rings. The first-order chi connectivity index (χ1) is 14.5. The summed E-state index contributed by atoms with van der Waals surface area (Å²) in [4.78, 5) is 25.5. The van der Waals surface area contributed by atoms with Crippen LogP contribution in [-0.4, -0.2) is 41.1 Å². The molecular weight excluding hydrogens is 524 g/mol. The minimum absolute atomic E-state index is 0.0878. The van der Waals surface area contributed by atoms with Crippen molar-refractivity contribution >= 4 is 51.1 Å². The zero-order valence-electron chi connectivity index (χ0n) is 15.7. The van der Waals surface area contributed by atoms with Crippen molar-refractivity contribution in [3.8, 4) is 0 Å². The molecule has 166 valence electrons. The minimum Gasteiger partial charge on any atom is -0.465 e. The molecule has 0 spiro atoms. The third-order valence-electron chi connectivity index (χ3n) is 5.06. The minimum atomic E-state index is -4.60. The second-order valence-electron chi connectivity index (χ2n) is 7.10. The molecule has 1 fully saturated rings. The van der Waals surface area contributed by atoms with Gasteiger partial charge in [-0.15, -0.1) is 0 Å². The quantitative estimate of drug-likeness (QED) is 0.499. The number of hydrogen-bond acceptors (Lipinski definition) is 2. The summed E-state index contributed by atoms with van der Waals surface area (Å²) >= 11 is 15.1. The Morgan fingerprint density at radius 1 is 1.13 bits per heavy atom. The molecule has 31 heavy (non-hydrogen) atoms. The molecule has 11 heteroatoms. The monoisotopic (exact) mass is 538 g/mol. The first-order valence-corrected chi connectivity index (χ1v) is 10.6. The fraction of sp³-hybridized carbons (Fsp3) is 0.300. The van der Waals surface area contributed by atoms with Crippen LogP contribution in [-0.2, 0) is 6.18 Å². The zero-order chi connectivity index (χ0) is 22.9. The molecule has 2 N–H and O–H groups in total. The number of likely N-dealkylation sites (tertiary alicyclic amines) is 1. The Morgan fingerprint density at radius 2 is 1.84 bits per heavy atom. The number of benzene rings is 2. The molecule has 1 saturated heterocycles. The Kier molecular flexibility index (Phi) is 7.08. The van der Waals surface area contributed by atoms with Crippen LogP contribution >= 0.6 is 39.1 Å². The highest BCUT2D eigenvalue weighted by molar-refractivity contribution is 9.10. The van der Waals surface area contributed by atoms with Crippen LogP contribution < -0.4 is 5.32 Å². The number of nitrogens with zero attached hydrogens (tertiary/aromatic N) is 1. The predicted molar refractivity (Wildman–Crippen MR) is 114 cm³/mol. The highest BCUT2D eigenvalue weighted by Crippen LogP contribution is 2.34. The van der Waals surface area contributed by atoms with E-state index in [1.165, 1.54) is 11.0 Å². The van der Waals surface area contributed by atoms with Gasteiger partial charge in [0.1, 0.15) is 0 Å². The van der Waals surface area contributed by atoms with Gasteiger partial charge >= 0.3 is 12.3 Å². The van der Waals surface area contributed by atoms with Crippen molar-refractivity contribution in [2.24, 2.45) is 0 Å². The van der Waals surface area contributed by atoms with Gasteiger partial charge in [-0.2, -0.15) is 13.2 Å². The number of halogens is 6. The number of nitrogens with one attached hydrogen (secondary N) is 1. The van der Waals surface area contributed by atoms with Crippen molar-refractivity contribution < 1.29 is 27.9 Å². The predicted octanol–water partition coefficient (Wildman–Crippen LogP) is 6.04. The van der Waals surface area contributed by atoms with E-state index in [-0.39, 0.29) is 34.6 Å². The van der Waals surface area contributed by atoms with Gasteiger partial charge in [-0.05, 0) is 42.3 Å². The van der Waals surface area contributed by atoms with Gasteiger partial charge < -0.3 is 15.3 Å². The molecular formula is C20H16BrCl2F3N2O3. The molecule has 0 radical (unpaired) electrons. The number of piperidine rings is 1. The highest BCUT2D eigenvalue weighted by Gasteiger charge is 2.35. The Morgan fingerprint density at radius 3 is 2.45 bits per heavy atom. The van der Waals surface area contributed by atoms with Gasteiger partial charge in [0.2, 0.25) is 0 Å². The number of carbonyl (C=O) groups is 2. The third-order valence-corrected chi connectivity index (χ3v) is 6.26. The van der Waals surface area contributed by atoms with E-state index in [1.807, 2.05) is 0 Å². The van der Waals surface area contributed by atoms with Crippen LogP contribution in [0.2, 0.25) is 10.0 Å². The molecule has 2 atom stereocenters. The van der Waals surface area contributed by atoms with E-state index < -0.39 is 35.7 Å². The van der Waals surface area contributed by atoms with E-state index in [0.29, 0.717) is 10.6 Å². The molecule has 3 rings (SSSR count). The summed E-state index contributed by atoms with van der Waals surface area (Å²) in [5.41, 5.74) is -0.445. The lowest BCUT2D eigenvalue weighted by molar-refractivity contribution is -0.137. The van der Waals surface area contributed by atoms with Crippen molar-refractivity contribution in [2.45, 2.75) is 24.6 Å². The Balaban J connectivity index is 1.89. The van der Waals surface area contributed by atoms with Gasteiger partial charge in [0.15, 0.2) is 0 Å². The summed E-state index contributed by atoms with van der Waals surface area (Å²) in [5, 5.41) is 12.7. The van der Waals surface area contributed by atoms with Crippen molar-refractivity contribution in [3.05, 3.63) is 67.6 Å². The summed E-state index contributed by atoms with van der Waals surface area (Å²) in [6, 6.07) is 7.30. The number of carbonyl (C=O) groups excluding carboxylic acids is 1. The summed E-state index contributed by atoms with van der Waals surface area (Å²) in [5.74, 6) is -1.15. The molecule has 1 aliphatic heterocycles. The third kappa shape index (κ3) is 5.64. The van der Waals surface area contributed by atoms with Gasteiger partial charge in [-0.3, -0.25) is 4.79 Å². The van der Waals surface area contributed by atoms with Crippen LogP contribution in [0.3, 0.4) is 0 Å². The van der Waals surface area contributed by atoms with Crippen LogP contribution in [0.15, 0.2) is 40.9 Å². The molecule has 2 amide bonds. The standard InChI is InChI=1S/C20H16BrCl2F3N2O3/c21-13-6-11(5-12(8-13)20(24,25)26)18(29)27-17-3-4-28(19(30)31)9-14(17)10-1-2-15(22)16(23)7-10/h1-2,5-8,14,17H,3-4,9H2,(H,27,29)(H,30,31). The molecule has 2 aromatic carbocycles. The van der Waals surface area contributed by atoms with Crippen molar-refractivity contribution in [3.63, 3.8) is 0 Å². The molecule has 0 aromatic heterocycles. The van der Waals surface area contributed by atoms with Gasteiger partial charge in [-0.1, -0.05) is 45.2 Å². The molecule has 2 unspecified atom stereocenters. The molecule has 1 heterocycles. The Hall–Kier alpha value is -1.97. The number of rotatable bonds is 3. The van der Waals surface area contributed by atoms with Gasteiger partial charge in [0.05, 0.1) is 15.6 Å². The average molecular weight is 540 g/mol. The van der Waals surface area contributed by atoms with E-state index in [4.69, 9.17) is 23.2 Å². The van der Waals surface area contributed by atoms with Crippen molar-refractivity contribution in [1.82, 2.24) is 10.2 Å². The van der Waals surface area contributed by atoms with E-state index in [9.17, 15) is 27.9 Å². The average Bonchev–Trinajstić information content (AvgIpc) is 2.69. The van der Waals surface area contributed by atoms with E-state index >= 15 is 0 Å². The lowest BCUT2D eigenvalue weighted by Gasteiger charge is -2.38. The zero-order valence-corrected chi connectivity index (χ0v) is 18.8. The number of carboxylic acid groups (broad SMARTS) is 1. The van der Waals surface area contributed by atoms with E-state index in [2.05, 4.69) is 21.2 Å². The van der Waals surface area contributed by atoms with Gasteiger partial charge in [0, 0.05) is 35.1 Å². The molecule has 1 aliphatic rings. The summed E-state index contributed by atoms with van der Waals surface area (Å²) in [7, 11) is 0. The maximum Gasteiger partial charge on any atom is 0.416 e. The Bertz CT molecular complexity index is 1020. The maximum atomic E-state index is 13.1. The summed E-state index contributed by atoms with van der Waals surface area (Å²) in [6.45, 7) is 0.259. The van der Waals surface area contributed by atoms with Gasteiger partial charge in [0.25, 0.3) is 5.91 Å². The maximum absolute atomic E-state index is 13.1. The molecule has 5 nitrogen and oxygen atoms in total. The highest BCUT2D eigenvalue weighted by atomic mass is 79.9. The largest absolute Gasteiger partial charge is 0.465 e. The van der Waals surface area contributed by atoms with Crippen LogP contribution in [0.4, 0.5) is 18.0 Å². The molecule has 0 aliphatic carbocycles. The Labute approximate surface area is 194 Å². The summed E-state index contributed by atoms with van der Waals surface area (Å²) < 4.78 is 39.4. The number of alkyl halides is 3. The normalized spacial score (nSPS) is 19.2. The van der Waals surface area contributed by atoms with Gasteiger partial charge in [-0.25, -0.2) is 4.79 Å². The van der Waals surface area contributed by atoms with E-state index in [1.54, 1.807) is 18.2 Å². The topological polar surface area (TPSA) is 69.6 Å². The number of hydrogen-bond donors (Lipinski definition) is 2. The molecule has 0 bridgehead atoms. The molecule has 0 saturated carbocycles. The fourth-order valence-corrected chi connectivity index (χ4v) is 4.32. The summed E-state index contributed by atoms with van der Waals surface area (Å²) in [6.07, 6.45) is -5.42. The van der Waals surface area contributed by atoms with Crippen LogP contribution in [0.1, 0.15) is 33.8 Å². The SMILES string of the molecule is O=C(NC1CCN(C(=O)O)CC1c1ccc(Cl)c(Cl)c1)c1cc(Br)cc(C(F)(F)F)c1. The van der Waals surface area contributed by atoms with Crippen molar-refractivity contribution in [2.75, 3.05) is 13.1 Å². The van der Waals surface area contributed by atoms with E-state index in [0.717, 1.165) is 12.1 Å². The van der Waals surface area contributed by atoms with Crippen LogP contribution in [0.25, 0.3) is 0 Å². The number of amides is 2. The van der Waals surface area contributed by atoms with Crippen LogP contribution in [0, 0.1) is 0 Å². The lowest BCUT2D eigenvalue weighted by Crippen LogP contribution is -2.51. The second-order valence-corrected chi connectivity index (χ2v) is 8.83. The van der Waals surface area contributed by atoms with Crippen molar-refractivity contribution in [1.29, 1.82) is 0 Å². The first-order valence-electron chi connectivity index (χ1n) is 9.07. The smallest absolute Gasteiger partial charge is 0.416 e. The second kappa shape index (κ2) is 9.26.